The molecule has 1 aromatic carbocycles. The molecule has 0 spiro atoms. The number of hydrogen-bond donors (Lipinski definition) is 2. The SMILES string of the molecule is CCC(OC)C(=O)NC(Cc1cc(Cl)cc(Cl)c1)C(=O)O. The molecule has 0 aromatic heterocycles. The molecular weight excluding hydrogens is 317 g/mol. The average molecular weight is 334 g/mol. The predicted octanol–water partition coefficient (Wildman–Crippen LogP) is 2.53. The van der Waals surface area contributed by atoms with E-state index in [1.165, 1.54) is 7.11 Å². The first-order valence-corrected chi connectivity index (χ1v) is 7.13. The molecule has 0 fully saturated rings. The maximum absolute atomic E-state index is 11.9. The molecule has 5 nitrogen and oxygen atoms in total. The number of amides is 1. The van der Waals surface area contributed by atoms with E-state index in [0.29, 0.717) is 22.0 Å². The first kappa shape index (κ1) is 17.8. The number of halogens is 2. The van der Waals surface area contributed by atoms with Crippen molar-refractivity contribution in [1.29, 1.82) is 0 Å². The summed E-state index contributed by atoms with van der Waals surface area (Å²) >= 11 is 11.8. The van der Waals surface area contributed by atoms with Gasteiger partial charge in [-0.1, -0.05) is 30.1 Å². The van der Waals surface area contributed by atoms with Crippen LogP contribution in [0, 0.1) is 0 Å². The van der Waals surface area contributed by atoms with Crippen LogP contribution in [-0.2, 0) is 20.7 Å². The molecule has 0 aliphatic heterocycles. The van der Waals surface area contributed by atoms with Gasteiger partial charge in [-0.3, -0.25) is 4.79 Å². The van der Waals surface area contributed by atoms with Crippen molar-refractivity contribution >= 4 is 35.1 Å². The number of hydrogen-bond acceptors (Lipinski definition) is 3. The summed E-state index contributed by atoms with van der Waals surface area (Å²) in [5.41, 5.74) is 0.630. The lowest BCUT2D eigenvalue weighted by atomic mass is 10.1. The minimum atomic E-state index is -1.13. The summed E-state index contributed by atoms with van der Waals surface area (Å²) in [5.74, 6) is -1.59. The third-order valence-corrected chi connectivity index (χ3v) is 3.36. The molecule has 2 unspecified atom stereocenters. The highest BCUT2D eigenvalue weighted by atomic mass is 35.5. The summed E-state index contributed by atoms with van der Waals surface area (Å²) in [6, 6.07) is 3.71. The molecule has 1 aromatic rings. The molecule has 116 valence electrons. The Kier molecular flexibility index (Phi) is 6.95. The number of benzene rings is 1. The number of methoxy groups -OCH3 is 1. The molecule has 7 heteroatoms. The molecular formula is C14H17Cl2NO4. The number of aliphatic carboxylic acids is 1. The summed E-state index contributed by atoms with van der Waals surface area (Å²) in [6.45, 7) is 1.78. The predicted molar refractivity (Wildman–Crippen MR) is 80.8 cm³/mol. The van der Waals surface area contributed by atoms with Crippen LogP contribution in [-0.4, -0.2) is 36.2 Å². The molecule has 0 saturated heterocycles. The lowest BCUT2D eigenvalue weighted by molar-refractivity contribution is -0.143. The van der Waals surface area contributed by atoms with Gasteiger partial charge in [0.15, 0.2) is 0 Å². The van der Waals surface area contributed by atoms with Gasteiger partial charge in [-0.2, -0.15) is 0 Å². The van der Waals surface area contributed by atoms with E-state index >= 15 is 0 Å². The van der Waals surface area contributed by atoms with Gasteiger partial charge in [-0.15, -0.1) is 0 Å². The van der Waals surface area contributed by atoms with Gasteiger partial charge >= 0.3 is 5.97 Å². The maximum Gasteiger partial charge on any atom is 0.326 e. The molecule has 0 aliphatic carbocycles. The first-order valence-electron chi connectivity index (χ1n) is 6.38. The number of rotatable bonds is 7. The van der Waals surface area contributed by atoms with Crippen molar-refractivity contribution in [3.05, 3.63) is 33.8 Å². The van der Waals surface area contributed by atoms with Crippen LogP contribution in [0.4, 0.5) is 0 Å². The van der Waals surface area contributed by atoms with Gasteiger partial charge in [0, 0.05) is 23.6 Å². The molecule has 0 saturated carbocycles. The van der Waals surface area contributed by atoms with Crippen molar-refractivity contribution in [2.24, 2.45) is 0 Å². The fraction of sp³-hybridized carbons (Fsp3) is 0.429. The van der Waals surface area contributed by atoms with Crippen LogP contribution < -0.4 is 5.32 Å². The standard InChI is InChI=1S/C14H17Cl2NO4/c1-3-12(21-2)13(18)17-11(14(19)20)6-8-4-9(15)7-10(16)5-8/h4-5,7,11-12H,3,6H2,1-2H3,(H,17,18)(H,19,20). The van der Waals surface area contributed by atoms with E-state index in [4.69, 9.17) is 27.9 Å². The molecule has 1 amide bonds. The van der Waals surface area contributed by atoms with Gasteiger partial charge in [0.05, 0.1) is 0 Å². The quantitative estimate of drug-likeness (QED) is 0.803. The molecule has 0 bridgehead atoms. The average Bonchev–Trinajstić information content (AvgIpc) is 2.38. The highest BCUT2D eigenvalue weighted by Crippen LogP contribution is 2.20. The van der Waals surface area contributed by atoms with Gasteiger partial charge < -0.3 is 15.2 Å². The minimum absolute atomic E-state index is 0.0848. The molecule has 0 heterocycles. The second kappa shape index (κ2) is 8.22. The van der Waals surface area contributed by atoms with Crippen molar-refractivity contribution in [1.82, 2.24) is 5.32 Å². The van der Waals surface area contributed by atoms with E-state index in [1.807, 2.05) is 0 Å². The van der Waals surface area contributed by atoms with Crippen molar-refractivity contribution in [2.45, 2.75) is 31.9 Å². The number of carbonyl (C=O) groups excluding carboxylic acids is 1. The van der Waals surface area contributed by atoms with E-state index in [2.05, 4.69) is 5.32 Å². The first-order chi connectivity index (χ1) is 9.87. The van der Waals surface area contributed by atoms with Crippen LogP contribution in [0.1, 0.15) is 18.9 Å². The molecule has 2 N–H and O–H groups in total. The lowest BCUT2D eigenvalue weighted by Gasteiger charge is -2.18. The summed E-state index contributed by atoms with van der Waals surface area (Å²) < 4.78 is 4.98. The number of ether oxygens (including phenoxy) is 1. The number of carboxylic acid groups (broad SMARTS) is 1. The van der Waals surface area contributed by atoms with E-state index < -0.39 is 24.0 Å². The second-order valence-corrected chi connectivity index (χ2v) is 5.39. The number of nitrogens with one attached hydrogen (secondary N) is 1. The lowest BCUT2D eigenvalue weighted by Crippen LogP contribution is -2.47. The zero-order valence-corrected chi connectivity index (χ0v) is 13.2. The molecule has 21 heavy (non-hydrogen) atoms. The Morgan fingerprint density at radius 1 is 1.29 bits per heavy atom. The van der Waals surface area contributed by atoms with E-state index in [-0.39, 0.29) is 6.42 Å². The highest BCUT2D eigenvalue weighted by Gasteiger charge is 2.24. The zero-order valence-electron chi connectivity index (χ0n) is 11.7. The Morgan fingerprint density at radius 2 is 1.86 bits per heavy atom. The van der Waals surface area contributed by atoms with Gasteiger partial charge in [0.25, 0.3) is 0 Å². The normalized spacial score (nSPS) is 13.5. The van der Waals surface area contributed by atoms with Gasteiger partial charge in [0.2, 0.25) is 5.91 Å². The molecule has 2 atom stereocenters. The maximum atomic E-state index is 11.9. The molecule has 0 radical (unpaired) electrons. The van der Waals surface area contributed by atoms with Crippen LogP contribution >= 0.6 is 23.2 Å². The van der Waals surface area contributed by atoms with Crippen LogP contribution in [0.2, 0.25) is 10.0 Å². The third kappa shape index (κ3) is 5.53. The smallest absolute Gasteiger partial charge is 0.326 e. The van der Waals surface area contributed by atoms with E-state index in [0.717, 1.165) is 0 Å². The van der Waals surface area contributed by atoms with Crippen molar-refractivity contribution in [2.75, 3.05) is 7.11 Å². The van der Waals surface area contributed by atoms with E-state index in [9.17, 15) is 14.7 Å². The zero-order chi connectivity index (χ0) is 16.0. The monoisotopic (exact) mass is 333 g/mol. The summed E-state index contributed by atoms with van der Waals surface area (Å²) in [6.07, 6.45) is -0.131. The van der Waals surface area contributed by atoms with Gasteiger partial charge in [-0.05, 0) is 30.2 Å². The van der Waals surface area contributed by atoms with Crippen LogP contribution in [0.25, 0.3) is 0 Å². The molecule has 1 rings (SSSR count). The van der Waals surface area contributed by atoms with Gasteiger partial charge in [-0.25, -0.2) is 4.79 Å². The second-order valence-electron chi connectivity index (χ2n) is 4.51. The van der Waals surface area contributed by atoms with Crippen LogP contribution in [0.5, 0.6) is 0 Å². The summed E-state index contributed by atoms with van der Waals surface area (Å²) in [7, 11) is 1.40. The molecule has 0 aliphatic rings. The van der Waals surface area contributed by atoms with Crippen molar-refractivity contribution in [3.63, 3.8) is 0 Å². The number of carboxylic acids is 1. The number of carbonyl (C=O) groups is 2. The summed E-state index contributed by atoms with van der Waals surface area (Å²) in [4.78, 5) is 23.2. The third-order valence-electron chi connectivity index (χ3n) is 2.92. The Hall–Kier alpha value is -1.30. The van der Waals surface area contributed by atoms with Crippen molar-refractivity contribution in [3.8, 4) is 0 Å². The van der Waals surface area contributed by atoms with E-state index in [1.54, 1.807) is 25.1 Å². The Morgan fingerprint density at radius 3 is 2.29 bits per heavy atom. The Balaban J connectivity index is 2.83. The topological polar surface area (TPSA) is 75.6 Å². The largest absolute Gasteiger partial charge is 0.480 e. The van der Waals surface area contributed by atoms with Crippen LogP contribution in [0.3, 0.4) is 0 Å². The fourth-order valence-electron chi connectivity index (χ4n) is 1.89. The summed E-state index contributed by atoms with van der Waals surface area (Å²) in [5, 5.41) is 12.5. The van der Waals surface area contributed by atoms with Crippen LogP contribution in [0.15, 0.2) is 18.2 Å². The highest BCUT2D eigenvalue weighted by molar-refractivity contribution is 6.34. The Bertz CT molecular complexity index is 497. The Labute approximate surface area is 133 Å². The van der Waals surface area contributed by atoms with Crippen molar-refractivity contribution < 1.29 is 19.4 Å². The minimum Gasteiger partial charge on any atom is -0.480 e. The fourth-order valence-corrected chi connectivity index (χ4v) is 2.46. The van der Waals surface area contributed by atoms with Gasteiger partial charge in [0.1, 0.15) is 12.1 Å².